The zero-order chi connectivity index (χ0) is 19.0. The quantitative estimate of drug-likeness (QED) is 0.393. The summed E-state index contributed by atoms with van der Waals surface area (Å²) in [5, 5.41) is 5.21. The number of carbonyl (C=O) groups excluding carboxylic acids is 3. The minimum Gasteiger partial charge on any atom is -0.352 e. The summed E-state index contributed by atoms with van der Waals surface area (Å²) < 4.78 is 0. The lowest BCUT2D eigenvalue weighted by Crippen LogP contribution is -2.50. The summed E-state index contributed by atoms with van der Waals surface area (Å²) in [5.74, 6) is -0.571. The van der Waals surface area contributed by atoms with Crippen LogP contribution in [0.25, 0.3) is 0 Å². The van der Waals surface area contributed by atoms with Gasteiger partial charge in [0.2, 0.25) is 5.91 Å². The van der Waals surface area contributed by atoms with E-state index >= 15 is 0 Å². The van der Waals surface area contributed by atoms with Gasteiger partial charge in [0.15, 0.2) is 5.78 Å². The lowest BCUT2D eigenvalue weighted by Gasteiger charge is -2.22. The summed E-state index contributed by atoms with van der Waals surface area (Å²) in [6, 6.07) is 5.17. The van der Waals surface area contributed by atoms with Gasteiger partial charge in [0.25, 0.3) is 0 Å². The van der Waals surface area contributed by atoms with E-state index in [0.29, 0.717) is 24.9 Å². The van der Waals surface area contributed by atoms with Crippen LogP contribution in [0.15, 0.2) is 24.3 Å². The van der Waals surface area contributed by atoms with E-state index < -0.39 is 18.1 Å². The van der Waals surface area contributed by atoms with Crippen molar-refractivity contribution < 1.29 is 14.4 Å². The molecule has 0 saturated heterocycles. The lowest BCUT2D eigenvalue weighted by molar-refractivity contribution is -0.123. The third-order valence-electron chi connectivity index (χ3n) is 3.96. The summed E-state index contributed by atoms with van der Waals surface area (Å²) in [6.45, 7) is 5.96. The summed E-state index contributed by atoms with van der Waals surface area (Å²) in [5.41, 5.74) is 12.5. The average molecular weight is 348 g/mol. The average Bonchev–Trinajstić information content (AvgIpc) is 2.56. The number of nitrogens with one attached hydrogen (secondary N) is 2. The molecule has 6 N–H and O–H groups in total. The molecule has 0 fully saturated rings. The van der Waals surface area contributed by atoms with Crippen molar-refractivity contribution in [3.63, 3.8) is 0 Å². The van der Waals surface area contributed by atoms with Gasteiger partial charge in [0.1, 0.15) is 0 Å². The predicted octanol–water partition coefficient (Wildman–Crippen LogP) is 1.09. The molecule has 0 aromatic heterocycles. The van der Waals surface area contributed by atoms with Crippen LogP contribution < -0.4 is 22.1 Å². The molecule has 0 heterocycles. The number of aryl methyl sites for hydroxylation is 1. The van der Waals surface area contributed by atoms with Gasteiger partial charge in [-0.25, -0.2) is 4.79 Å². The monoisotopic (exact) mass is 348 g/mol. The molecule has 2 atom stereocenters. The van der Waals surface area contributed by atoms with Crippen LogP contribution >= 0.6 is 0 Å². The van der Waals surface area contributed by atoms with Crippen LogP contribution in [-0.4, -0.2) is 36.3 Å². The highest BCUT2D eigenvalue weighted by Gasteiger charge is 2.25. The molecule has 7 nitrogen and oxygen atoms in total. The van der Waals surface area contributed by atoms with Crippen LogP contribution in [0.1, 0.15) is 42.6 Å². The number of carbonyl (C=O) groups is 3. The zero-order valence-corrected chi connectivity index (χ0v) is 15.0. The highest BCUT2D eigenvalue weighted by Crippen LogP contribution is 2.11. The third-order valence-corrected chi connectivity index (χ3v) is 3.96. The maximum atomic E-state index is 12.7. The topological polar surface area (TPSA) is 127 Å². The SMILES string of the molecule is Cc1ccc(C(=O)[C@H](CCCNC(N)=O)NC(=O)[C@@H](N)C(C)C)cc1. The van der Waals surface area contributed by atoms with E-state index in [1.165, 1.54) is 0 Å². The van der Waals surface area contributed by atoms with Gasteiger partial charge >= 0.3 is 6.03 Å². The Bertz CT molecular complexity index is 599. The first-order valence-electron chi connectivity index (χ1n) is 8.42. The van der Waals surface area contributed by atoms with E-state index in [0.717, 1.165) is 5.56 Å². The molecule has 1 aromatic rings. The maximum absolute atomic E-state index is 12.7. The number of primary amides is 1. The van der Waals surface area contributed by atoms with Crippen LogP contribution in [0, 0.1) is 12.8 Å². The van der Waals surface area contributed by atoms with Crippen molar-refractivity contribution in [3.8, 4) is 0 Å². The van der Waals surface area contributed by atoms with E-state index in [4.69, 9.17) is 11.5 Å². The van der Waals surface area contributed by atoms with Crippen LogP contribution in [0.5, 0.6) is 0 Å². The standard InChI is InChI=1S/C18H28N4O3/c1-11(2)15(19)17(24)22-14(5-4-10-21-18(20)25)16(23)13-8-6-12(3)7-9-13/h6-9,11,14-15H,4-5,10,19H2,1-3H3,(H,22,24)(H3,20,21,25)/t14-,15-/m0/s1. The van der Waals surface area contributed by atoms with Crippen LogP contribution in [0.3, 0.4) is 0 Å². The molecule has 25 heavy (non-hydrogen) atoms. The van der Waals surface area contributed by atoms with Crippen LogP contribution in [0.4, 0.5) is 4.79 Å². The summed E-state index contributed by atoms with van der Waals surface area (Å²) in [7, 11) is 0. The minimum absolute atomic E-state index is 0.0355. The predicted molar refractivity (Wildman–Crippen MR) is 97.1 cm³/mol. The summed E-state index contributed by atoms with van der Waals surface area (Å²) in [4.78, 5) is 35.7. The molecule has 0 aliphatic rings. The Morgan fingerprint density at radius 3 is 2.24 bits per heavy atom. The largest absolute Gasteiger partial charge is 0.352 e. The Balaban J connectivity index is 2.82. The Morgan fingerprint density at radius 2 is 1.72 bits per heavy atom. The molecule has 0 aliphatic heterocycles. The Morgan fingerprint density at radius 1 is 1.12 bits per heavy atom. The fraction of sp³-hybridized carbons (Fsp3) is 0.500. The number of urea groups is 1. The van der Waals surface area contributed by atoms with E-state index in [2.05, 4.69) is 10.6 Å². The van der Waals surface area contributed by atoms with E-state index in [9.17, 15) is 14.4 Å². The number of Topliss-reactive ketones (excluding diaryl/α,β-unsaturated/α-hetero) is 1. The van der Waals surface area contributed by atoms with Crippen molar-refractivity contribution in [2.24, 2.45) is 17.4 Å². The number of rotatable bonds is 9. The fourth-order valence-electron chi connectivity index (χ4n) is 2.28. The normalized spacial score (nSPS) is 13.2. The highest BCUT2D eigenvalue weighted by molar-refractivity contribution is 6.02. The van der Waals surface area contributed by atoms with Gasteiger partial charge in [0, 0.05) is 12.1 Å². The molecule has 0 saturated carbocycles. The fourth-order valence-corrected chi connectivity index (χ4v) is 2.28. The van der Waals surface area contributed by atoms with Crippen LogP contribution in [0.2, 0.25) is 0 Å². The second-order valence-corrected chi connectivity index (χ2v) is 6.49. The molecule has 0 spiro atoms. The Labute approximate surface area is 148 Å². The summed E-state index contributed by atoms with van der Waals surface area (Å²) >= 11 is 0. The summed E-state index contributed by atoms with van der Waals surface area (Å²) in [6.07, 6.45) is 0.881. The van der Waals surface area contributed by atoms with Crippen LogP contribution in [-0.2, 0) is 4.79 Å². The van der Waals surface area contributed by atoms with Gasteiger partial charge in [0.05, 0.1) is 12.1 Å². The molecule has 0 aliphatic carbocycles. The maximum Gasteiger partial charge on any atom is 0.312 e. The molecule has 1 aromatic carbocycles. The van der Waals surface area contributed by atoms with Gasteiger partial charge in [-0.2, -0.15) is 0 Å². The number of benzene rings is 1. The number of hydrogen-bond donors (Lipinski definition) is 4. The van der Waals surface area contributed by atoms with Crippen molar-refractivity contribution in [1.29, 1.82) is 0 Å². The molecule has 3 amide bonds. The van der Waals surface area contributed by atoms with Crippen molar-refractivity contribution in [2.45, 2.75) is 45.7 Å². The molecule has 7 heteroatoms. The lowest BCUT2D eigenvalue weighted by atomic mass is 9.97. The number of amides is 3. The first-order valence-corrected chi connectivity index (χ1v) is 8.42. The number of nitrogens with two attached hydrogens (primary N) is 2. The Hall–Kier alpha value is -2.41. The highest BCUT2D eigenvalue weighted by atomic mass is 16.2. The molecule has 0 unspecified atom stereocenters. The van der Waals surface area contributed by atoms with Crippen molar-refractivity contribution in [1.82, 2.24) is 10.6 Å². The van der Waals surface area contributed by atoms with E-state index in [1.54, 1.807) is 12.1 Å². The van der Waals surface area contributed by atoms with Crippen molar-refractivity contribution in [3.05, 3.63) is 35.4 Å². The Kier molecular flexibility index (Phi) is 8.07. The second kappa shape index (κ2) is 9.78. The van der Waals surface area contributed by atoms with E-state index in [-0.39, 0.29) is 17.6 Å². The smallest absolute Gasteiger partial charge is 0.312 e. The second-order valence-electron chi connectivity index (χ2n) is 6.49. The molecular formula is C18H28N4O3. The van der Waals surface area contributed by atoms with Gasteiger partial charge in [-0.05, 0) is 25.7 Å². The van der Waals surface area contributed by atoms with Gasteiger partial charge in [-0.1, -0.05) is 43.7 Å². The molecular weight excluding hydrogens is 320 g/mol. The van der Waals surface area contributed by atoms with Gasteiger partial charge < -0.3 is 22.1 Å². The molecule has 0 bridgehead atoms. The molecule has 138 valence electrons. The molecule has 0 radical (unpaired) electrons. The van der Waals surface area contributed by atoms with Gasteiger partial charge in [-0.15, -0.1) is 0 Å². The third kappa shape index (κ3) is 6.93. The van der Waals surface area contributed by atoms with E-state index in [1.807, 2.05) is 32.9 Å². The van der Waals surface area contributed by atoms with Crippen molar-refractivity contribution in [2.75, 3.05) is 6.54 Å². The first kappa shape index (κ1) is 20.6. The van der Waals surface area contributed by atoms with Gasteiger partial charge in [-0.3, -0.25) is 9.59 Å². The van der Waals surface area contributed by atoms with Crippen molar-refractivity contribution >= 4 is 17.7 Å². The molecule has 1 rings (SSSR count). The minimum atomic E-state index is -0.699. The zero-order valence-electron chi connectivity index (χ0n) is 15.0. The number of ketones is 1. The number of hydrogen-bond acceptors (Lipinski definition) is 4. The first-order chi connectivity index (χ1) is 11.7.